The molecule has 3 aromatic rings. The predicted molar refractivity (Wildman–Crippen MR) is 117 cm³/mol. The molecule has 28 heavy (non-hydrogen) atoms. The van der Waals surface area contributed by atoms with E-state index < -0.39 is 0 Å². The Morgan fingerprint density at radius 2 is 1.61 bits per heavy atom. The van der Waals surface area contributed by atoms with Crippen LogP contribution in [-0.4, -0.2) is 15.7 Å². The molecular formula is C20H17Cl4N3O. The number of aromatic nitrogens is 2. The summed E-state index contributed by atoms with van der Waals surface area (Å²) in [5.74, 6) is 0.114. The molecule has 1 amide bonds. The molecular weight excluding hydrogens is 440 g/mol. The Morgan fingerprint density at radius 3 is 2.25 bits per heavy atom. The lowest BCUT2D eigenvalue weighted by Gasteiger charge is -2.14. The Bertz CT molecular complexity index is 1050. The van der Waals surface area contributed by atoms with Crippen LogP contribution >= 0.6 is 46.4 Å². The minimum atomic E-state index is -0.349. The van der Waals surface area contributed by atoms with Gasteiger partial charge in [0.2, 0.25) is 0 Å². The van der Waals surface area contributed by atoms with Gasteiger partial charge in [0.1, 0.15) is 5.82 Å². The van der Waals surface area contributed by atoms with Gasteiger partial charge in [0.05, 0.1) is 26.4 Å². The summed E-state index contributed by atoms with van der Waals surface area (Å²) in [5, 5.41) is 9.16. The molecule has 0 aliphatic heterocycles. The van der Waals surface area contributed by atoms with Gasteiger partial charge < -0.3 is 5.32 Å². The molecule has 0 fully saturated rings. The number of nitrogens with zero attached hydrogens (tertiary/aromatic N) is 2. The maximum atomic E-state index is 12.8. The highest BCUT2D eigenvalue weighted by atomic mass is 35.5. The second-order valence-corrected chi connectivity index (χ2v) is 8.91. The van der Waals surface area contributed by atoms with Gasteiger partial charge in [-0.2, -0.15) is 5.10 Å². The molecule has 0 bridgehead atoms. The number of benzene rings is 2. The van der Waals surface area contributed by atoms with Crippen LogP contribution < -0.4 is 5.32 Å². The fourth-order valence-electron chi connectivity index (χ4n) is 2.49. The van der Waals surface area contributed by atoms with Crippen molar-refractivity contribution in [3.05, 3.63) is 73.8 Å². The average Bonchev–Trinajstić information content (AvgIpc) is 3.03. The molecule has 0 unspecified atom stereocenters. The number of carbonyl (C=O) groups excluding carboxylic acids is 1. The molecule has 0 saturated heterocycles. The highest BCUT2D eigenvalue weighted by Gasteiger charge is 2.23. The van der Waals surface area contributed by atoms with Crippen LogP contribution in [0.2, 0.25) is 20.1 Å². The largest absolute Gasteiger partial charge is 0.306 e. The minimum absolute atomic E-state index is 0.237. The summed E-state index contributed by atoms with van der Waals surface area (Å²) in [7, 11) is 0. The summed E-state index contributed by atoms with van der Waals surface area (Å²) in [6.45, 7) is 6.09. The van der Waals surface area contributed by atoms with Gasteiger partial charge in [-0.1, -0.05) is 67.2 Å². The zero-order chi connectivity index (χ0) is 20.6. The Balaban J connectivity index is 2.06. The number of carbonyl (C=O) groups is 1. The fraction of sp³-hybridized carbons (Fsp3) is 0.200. The van der Waals surface area contributed by atoms with Crippen molar-refractivity contribution < 1.29 is 4.79 Å². The van der Waals surface area contributed by atoms with Gasteiger partial charge >= 0.3 is 0 Å². The molecule has 146 valence electrons. The molecule has 1 heterocycles. The van der Waals surface area contributed by atoms with Gasteiger partial charge in [0.25, 0.3) is 5.91 Å². The molecule has 0 radical (unpaired) electrons. The first kappa shape index (κ1) is 21.0. The molecule has 0 spiro atoms. The van der Waals surface area contributed by atoms with E-state index in [4.69, 9.17) is 46.4 Å². The van der Waals surface area contributed by atoms with Crippen molar-refractivity contribution in [3.63, 3.8) is 0 Å². The topological polar surface area (TPSA) is 46.9 Å². The van der Waals surface area contributed by atoms with Gasteiger partial charge in [-0.15, -0.1) is 0 Å². The van der Waals surface area contributed by atoms with Crippen molar-refractivity contribution in [1.82, 2.24) is 9.78 Å². The fourth-order valence-corrected chi connectivity index (χ4v) is 3.16. The lowest BCUT2D eigenvalue weighted by atomic mass is 9.92. The lowest BCUT2D eigenvalue weighted by Crippen LogP contribution is -2.15. The first-order chi connectivity index (χ1) is 13.1. The van der Waals surface area contributed by atoms with E-state index in [0.717, 1.165) is 5.69 Å². The van der Waals surface area contributed by atoms with Crippen LogP contribution in [0.1, 0.15) is 36.8 Å². The molecule has 1 N–H and O–H groups in total. The number of hydrogen-bond donors (Lipinski definition) is 1. The Hall–Kier alpha value is -1.72. The van der Waals surface area contributed by atoms with E-state index in [9.17, 15) is 4.79 Å². The number of rotatable bonds is 3. The van der Waals surface area contributed by atoms with E-state index in [1.54, 1.807) is 35.0 Å². The van der Waals surface area contributed by atoms with E-state index >= 15 is 0 Å². The third-order valence-electron chi connectivity index (χ3n) is 4.04. The van der Waals surface area contributed by atoms with Crippen molar-refractivity contribution in [1.29, 1.82) is 0 Å². The predicted octanol–water partition coefficient (Wildman–Crippen LogP) is 7.04. The van der Waals surface area contributed by atoms with Crippen LogP contribution in [0.3, 0.4) is 0 Å². The first-order valence-electron chi connectivity index (χ1n) is 8.38. The standard InChI is InChI=1S/C20H17Cl4N3O/c1-20(2,3)17-10-18(25-19(28)11-4-6-13(22)15(24)8-11)27(26-17)16-9-12(21)5-7-14(16)23/h4-10H,1-3H3,(H,25,28). The van der Waals surface area contributed by atoms with Crippen molar-refractivity contribution in [3.8, 4) is 5.69 Å². The van der Waals surface area contributed by atoms with Gasteiger partial charge in [-0.3, -0.25) is 4.79 Å². The van der Waals surface area contributed by atoms with E-state index in [1.807, 2.05) is 26.8 Å². The average molecular weight is 457 g/mol. The number of amides is 1. The summed E-state index contributed by atoms with van der Waals surface area (Å²) in [4.78, 5) is 12.8. The maximum absolute atomic E-state index is 12.8. The lowest BCUT2D eigenvalue weighted by molar-refractivity contribution is 0.102. The first-order valence-corrected chi connectivity index (χ1v) is 9.90. The summed E-state index contributed by atoms with van der Waals surface area (Å²) >= 11 is 24.4. The van der Waals surface area contributed by atoms with Gasteiger partial charge in [0, 0.05) is 22.1 Å². The van der Waals surface area contributed by atoms with E-state index in [2.05, 4.69) is 10.4 Å². The Labute approximate surface area is 183 Å². The van der Waals surface area contributed by atoms with Crippen molar-refractivity contribution >= 4 is 58.1 Å². The maximum Gasteiger partial charge on any atom is 0.256 e. The summed E-state index contributed by atoms with van der Waals surface area (Å²) < 4.78 is 1.57. The molecule has 0 aliphatic carbocycles. The molecule has 0 aliphatic rings. The smallest absolute Gasteiger partial charge is 0.256 e. The Kier molecular flexibility index (Phi) is 5.97. The van der Waals surface area contributed by atoms with E-state index in [0.29, 0.717) is 37.2 Å². The van der Waals surface area contributed by atoms with Crippen LogP contribution in [0.25, 0.3) is 5.69 Å². The second-order valence-electron chi connectivity index (χ2n) is 7.26. The van der Waals surface area contributed by atoms with Crippen LogP contribution in [0, 0.1) is 0 Å². The van der Waals surface area contributed by atoms with E-state index in [1.165, 1.54) is 6.07 Å². The highest BCUT2D eigenvalue weighted by Crippen LogP contribution is 2.31. The zero-order valence-corrected chi connectivity index (χ0v) is 18.4. The van der Waals surface area contributed by atoms with Crippen molar-refractivity contribution in [2.75, 3.05) is 5.32 Å². The SMILES string of the molecule is CC(C)(C)c1cc(NC(=O)c2ccc(Cl)c(Cl)c2)n(-c2cc(Cl)ccc2Cl)n1. The molecule has 0 atom stereocenters. The monoisotopic (exact) mass is 455 g/mol. The van der Waals surface area contributed by atoms with Crippen molar-refractivity contribution in [2.24, 2.45) is 0 Å². The number of hydrogen-bond acceptors (Lipinski definition) is 2. The highest BCUT2D eigenvalue weighted by molar-refractivity contribution is 6.42. The number of halogens is 4. The van der Waals surface area contributed by atoms with Crippen LogP contribution in [0.5, 0.6) is 0 Å². The molecule has 3 rings (SSSR count). The summed E-state index contributed by atoms with van der Waals surface area (Å²) in [6, 6.07) is 11.6. The van der Waals surface area contributed by atoms with Gasteiger partial charge in [-0.25, -0.2) is 4.68 Å². The molecule has 8 heteroatoms. The second kappa shape index (κ2) is 7.96. The molecule has 0 saturated carbocycles. The van der Waals surface area contributed by atoms with Gasteiger partial charge in [-0.05, 0) is 36.4 Å². The third kappa shape index (κ3) is 4.47. The van der Waals surface area contributed by atoms with Crippen LogP contribution in [-0.2, 0) is 5.41 Å². The normalized spacial score (nSPS) is 11.5. The van der Waals surface area contributed by atoms with Gasteiger partial charge in [0.15, 0.2) is 0 Å². The van der Waals surface area contributed by atoms with E-state index in [-0.39, 0.29) is 11.3 Å². The zero-order valence-electron chi connectivity index (χ0n) is 15.4. The van der Waals surface area contributed by atoms with Crippen LogP contribution in [0.4, 0.5) is 5.82 Å². The number of anilines is 1. The summed E-state index contributed by atoms with van der Waals surface area (Å²) in [5.41, 5.74) is 1.48. The molecule has 4 nitrogen and oxygen atoms in total. The minimum Gasteiger partial charge on any atom is -0.306 e. The quantitative estimate of drug-likeness (QED) is 0.459. The molecule has 2 aromatic carbocycles. The summed E-state index contributed by atoms with van der Waals surface area (Å²) in [6.07, 6.45) is 0. The Morgan fingerprint density at radius 1 is 0.929 bits per heavy atom. The molecule has 1 aromatic heterocycles. The third-order valence-corrected chi connectivity index (χ3v) is 5.33. The van der Waals surface area contributed by atoms with Crippen molar-refractivity contribution in [2.45, 2.75) is 26.2 Å². The van der Waals surface area contributed by atoms with Crippen LogP contribution in [0.15, 0.2) is 42.5 Å². The number of nitrogens with one attached hydrogen (secondary N) is 1.